The summed E-state index contributed by atoms with van der Waals surface area (Å²) in [6.07, 6.45) is 2.55. The first-order valence-corrected chi connectivity index (χ1v) is 7.75. The van der Waals surface area contributed by atoms with Crippen LogP contribution in [0.3, 0.4) is 0 Å². The molecule has 1 aliphatic rings. The minimum absolute atomic E-state index is 0.0712. The molecule has 2 aromatic rings. The maximum atomic E-state index is 12.3. The molecule has 3 rings (SSSR count). The maximum absolute atomic E-state index is 12.3. The van der Waals surface area contributed by atoms with E-state index in [0.29, 0.717) is 5.92 Å². The van der Waals surface area contributed by atoms with Gasteiger partial charge >= 0.3 is 0 Å². The fourth-order valence-corrected chi connectivity index (χ4v) is 2.90. The van der Waals surface area contributed by atoms with Crippen LogP contribution in [-0.2, 0) is 11.8 Å². The first-order chi connectivity index (χ1) is 10.1. The fourth-order valence-electron chi connectivity index (χ4n) is 2.63. The molecule has 21 heavy (non-hydrogen) atoms. The Labute approximate surface area is 131 Å². The summed E-state index contributed by atoms with van der Waals surface area (Å²) in [6.45, 7) is 1.93. The van der Waals surface area contributed by atoms with E-state index >= 15 is 0 Å². The Morgan fingerprint density at radius 1 is 1.43 bits per heavy atom. The number of carbonyl (C=O) groups excluding carboxylic acids is 1. The van der Waals surface area contributed by atoms with Crippen molar-refractivity contribution in [3.8, 4) is 0 Å². The van der Waals surface area contributed by atoms with Crippen LogP contribution in [0.1, 0.15) is 36.7 Å². The van der Waals surface area contributed by atoms with E-state index in [1.54, 1.807) is 6.33 Å². The molecule has 0 aliphatic heterocycles. The zero-order valence-electron chi connectivity index (χ0n) is 12.0. The van der Waals surface area contributed by atoms with E-state index in [2.05, 4.69) is 43.6 Å². The van der Waals surface area contributed by atoms with E-state index in [9.17, 15) is 4.79 Å². The highest BCUT2D eigenvalue weighted by molar-refractivity contribution is 9.10. The van der Waals surface area contributed by atoms with Crippen molar-refractivity contribution in [2.24, 2.45) is 13.0 Å². The van der Waals surface area contributed by atoms with E-state index in [1.807, 2.05) is 30.7 Å². The molecule has 0 unspecified atom stereocenters. The van der Waals surface area contributed by atoms with E-state index in [-0.39, 0.29) is 17.9 Å². The summed E-state index contributed by atoms with van der Waals surface area (Å²) in [5.41, 5.74) is 1.23. The molecule has 1 saturated carbocycles. The fraction of sp³-hybridized carbons (Fsp3) is 0.400. The first-order valence-electron chi connectivity index (χ1n) is 6.96. The summed E-state index contributed by atoms with van der Waals surface area (Å²) in [7, 11) is 1.87. The highest BCUT2D eigenvalue weighted by Gasteiger charge is 2.44. The van der Waals surface area contributed by atoms with Crippen molar-refractivity contribution in [3.05, 3.63) is 46.5 Å². The quantitative estimate of drug-likeness (QED) is 0.923. The smallest absolute Gasteiger partial charge is 0.224 e. The second kappa shape index (κ2) is 5.60. The highest BCUT2D eigenvalue weighted by Crippen LogP contribution is 2.47. The van der Waals surface area contributed by atoms with E-state index < -0.39 is 0 Å². The molecule has 1 heterocycles. The lowest BCUT2D eigenvalue weighted by Crippen LogP contribution is -2.30. The number of rotatable bonds is 4. The standard InChI is InChI=1S/C15H17BrN4O/c1-9(14-19-17-8-20(14)2)18-15(21)13-7-12(13)10-3-5-11(16)6-4-10/h3-6,8-9,12-13H,7H2,1-2H3,(H,18,21)/t9-,12+,13-/m0/s1. The normalized spacial score (nSPS) is 21.9. The van der Waals surface area contributed by atoms with Gasteiger partial charge in [0, 0.05) is 17.4 Å². The topological polar surface area (TPSA) is 59.8 Å². The number of carbonyl (C=O) groups is 1. The number of hydrogen-bond donors (Lipinski definition) is 1. The lowest BCUT2D eigenvalue weighted by Gasteiger charge is -2.12. The van der Waals surface area contributed by atoms with Crippen LogP contribution in [0.5, 0.6) is 0 Å². The van der Waals surface area contributed by atoms with Crippen molar-refractivity contribution in [3.63, 3.8) is 0 Å². The summed E-state index contributed by atoms with van der Waals surface area (Å²) in [6, 6.07) is 8.06. The predicted molar refractivity (Wildman–Crippen MR) is 82.6 cm³/mol. The monoisotopic (exact) mass is 348 g/mol. The van der Waals surface area contributed by atoms with Gasteiger partial charge in [0.15, 0.2) is 5.82 Å². The number of nitrogens with zero attached hydrogens (tertiary/aromatic N) is 3. The molecule has 3 atom stereocenters. The molecule has 1 aromatic carbocycles. The second-order valence-electron chi connectivity index (χ2n) is 5.53. The molecule has 1 fully saturated rings. The van der Waals surface area contributed by atoms with Gasteiger partial charge in [-0.1, -0.05) is 28.1 Å². The van der Waals surface area contributed by atoms with Gasteiger partial charge in [-0.3, -0.25) is 4.79 Å². The number of benzene rings is 1. The van der Waals surface area contributed by atoms with Gasteiger partial charge in [0.2, 0.25) is 5.91 Å². The highest BCUT2D eigenvalue weighted by atomic mass is 79.9. The minimum atomic E-state index is -0.129. The molecular weight excluding hydrogens is 332 g/mol. The van der Waals surface area contributed by atoms with Gasteiger partial charge in [0.05, 0.1) is 6.04 Å². The summed E-state index contributed by atoms with van der Waals surface area (Å²) in [5, 5.41) is 10.9. The zero-order chi connectivity index (χ0) is 15.0. The Kier molecular flexibility index (Phi) is 3.80. The van der Waals surface area contributed by atoms with E-state index in [0.717, 1.165) is 16.7 Å². The maximum Gasteiger partial charge on any atom is 0.224 e. The van der Waals surface area contributed by atoms with Gasteiger partial charge in [-0.25, -0.2) is 0 Å². The van der Waals surface area contributed by atoms with Crippen LogP contribution in [0.15, 0.2) is 35.1 Å². The molecular formula is C15H17BrN4O. The summed E-state index contributed by atoms with van der Waals surface area (Å²) in [4.78, 5) is 12.3. The zero-order valence-corrected chi connectivity index (χ0v) is 13.5. The van der Waals surface area contributed by atoms with Crippen LogP contribution in [-0.4, -0.2) is 20.7 Å². The average molecular weight is 349 g/mol. The third-order valence-corrected chi connectivity index (χ3v) is 4.45. The van der Waals surface area contributed by atoms with Gasteiger partial charge in [0.25, 0.3) is 0 Å². The van der Waals surface area contributed by atoms with E-state index in [4.69, 9.17) is 0 Å². The first kappa shape index (κ1) is 14.3. The SMILES string of the molecule is C[C@H](NC(=O)[C@H]1C[C@@H]1c1ccc(Br)cc1)c1nncn1C. The summed E-state index contributed by atoms with van der Waals surface area (Å²) in [5.74, 6) is 1.27. The minimum Gasteiger partial charge on any atom is -0.346 e. The third-order valence-electron chi connectivity index (χ3n) is 3.92. The average Bonchev–Trinajstić information content (AvgIpc) is 3.14. The van der Waals surface area contributed by atoms with Crippen LogP contribution >= 0.6 is 15.9 Å². The van der Waals surface area contributed by atoms with Crippen LogP contribution in [0, 0.1) is 5.92 Å². The Morgan fingerprint density at radius 2 is 2.14 bits per heavy atom. The number of hydrogen-bond acceptors (Lipinski definition) is 3. The summed E-state index contributed by atoms with van der Waals surface area (Å²) < 4.78 is 2.88. The van der Waals surface area contributed by atoms with Gasteiger partial charge in [0.1, 0.15) is 6.33 Å². The number of aryl methyl sites for hydroxylation is 1. The van der Waals surface area contributed by atoms with Crippen LogP contribution in [0.25, 0.3) is 0 Å². The summed E-state index contributed by atoms with van der Waals surface area (Å²) >= 11 is 3.43. The molecule has 1 aromatic heterocycles. The lowest BCUT2D eigenvalue weighted by atomic mass is 10.1. The number of aromatic nitrogens is 3. The molecule has 1 aliphatic carbocycles. The molecule has 0 saturated heterocycles. The number of nitrogens with one attached hydrogen (secondary N) is 1. The molecule has 0 spiro atoms. The number of halogens is 1. The van der Waals surface area contributed by atoms with Gasteiger partial charge in [-0.05, 0) is 37.0 Å². The van der Waals surface area contributed by atoms with Crippen molar-refractivity contribution in [2.45, 2.75) is 25.3 Å². The lowest BCUT2D eigenvalue weighted by molar-refractivity contribution is -0.123. The molecule has 5 nitrogen and oxygen atoms in total. The van der Waals surface area contributed by atoms with Gasteiger partial charge < -0.3 is 9.88 Å². The van der Waals surface area contributed by atoms with Crippen LogP contribution in [0.2, 0.25) is 0 Å². The second-order valence-corrected chi connectivity index (χ2v) is 6.45. The molecule has 0 radical (unpaired) electrons. The van der Waals surface area contributed by atoms with Gasteiger partial charge in [-0.2, -0.15) is 0 Å². The van der Waals surface area contributed by atoms with Crippen molar-refractivity contribution in [1.29, 1.82) is 0 Å². The molecule has 0 bridgehead atoms. The van der Waals surface area contributed by atoms with Crippen molar-refractivity contribution in [2.75, 3.05) is 0 Å². The Bertz CT molecular complexity index is 652. The molecule has 110 valence electrons. The number of amides is 1. The van der Waals surface area contributed by atoms with E-state index in [1.165, 1.54) is 5.56 Å². The van der Waals surface area contributed by atoms with Gasteiger partial charge in [-0.15, -0.1) is 10.2 Å². The van der Waals surface area contributed by atoms with Crippen molar-refractivity contribution >= 4 is 21.8 Å². The molecule has 1 amide bonds. The Morgan fingerprint density at radius 3 is 2.76 bits per heavy atom. The third kappa shape index (κ3) is 3.00. The van der Waals surface area contributed by atoms with Crippen molar-refractivity contribution < 1.29 is 4.79 Å². The largest absolute Gasteiger partial charge is 0.346 e. The van der Waals surface area contributed by atoms with Crippen LogP contribution in [0.4, 0.5) is 0 Å². The van der Waals surface area contributed by atoms with Crippen LogP contribution < -0.4 is 5.32 Å². The Balaban J connectivity index is 1.60. The predicted octanol–water partition coefficient (Wildman–Crippen LogP) is 2.56. The molecule has 6 heteroatoms. The molecule has 1 N–H and O–H groups in total. The Hall–Kier alpha value is -1.69. The van der Waals surface area contributed by atoms with Crippen molar-refractivity contribution in [1.82, 2.24) is 20.1 Å².